The maximum Gasteiger partial charge on any atom is 0.374 e. The number of hydrogen-bond donors (Lipinski definition) is 1. The van der Waals surface area contributed by atoms with E-state index < -0.39 is 5.97 Å². The van der Waals surface area contributed by atoms with Crippen LogP contribution in [-0.2, 0) is 0 Å². The largest absolute Gasteiger partial charge is 0.475 e. The summed E-state index contributed by atoms with van der Waals surface area (Å²) < 4.78 is 4.85. The van der Waals surface area contributed by atoms with Crippen molar-refractivity contribution in [1.82, 2.24) is 5.16 Å². The molecule has 0 aliphatic heterocycles. The number of aromatic nitrogens is 1. The Morgan fingerprint density at radius 1 is 1.36 bits per heavy atom. The average molecular weight is 299 g/mol. The van der Waals surface area contributed by atoms with Gasteiger partial charge in [-0.05, 0) is 42.2 Å². The van der Waals surface area contributed by atoms with Crippen LogP contribution in [0, 0.1) is 5.41 Å². The van der Waals surface area contributed by atoms with Crippen LogP contribution < -0.4 is 0 Å². The molecule has 22 heavy (non-hydrogen) atoms. The van der Waals surface area contributed by atoms with Gasteiger partial charge in [-0.15, -0.1) is 0 Å². The molecule has 4 heteroatoms. The standard InChI is InChI=1S/C18H21NO3/c1-18(2)8-4-7-14(11-18)12-5-3-6-13(9-12)15-10-16(17(20)21)22-19-15/h3,5-6,9-10,14H,4,7-8,11H2,1-2H3,(H,20,21). The number of carboxylic acids is 1. The molecule has 1 saturated carbocycles. The lowest BCUT2D eigenvalue weighted by molar-refractivity contribution is 0.0652. The number of hydrogen-bond acceptors (Lipinski definition) is 3. The molecule has 1 heterocycles. The fourth-order valence-corrected chi connectivity index (χ4v) is 3.45. The van der Waals surface area contributed by atoms with Crippen molar-refractivity contribution in [2.75, 3.05) is 0 Å². The summed E-state index contributed by atoms with van der Waals surface area (Å²) in [5.41, 5.74) is 3.19. The Kier molecular flexibility index (Phi) is 3.77. The Balaban J connectivity index is 1.87. The van der Waals surface area contributed by atoms with Gasteiger partial charge in [-0.2, -0.15) is 0 Å². The SMILES string of the molecule is CC1(C)CCCC(c2cccc(-c3cc(C(=O)O)on3)c2)C1. The van der Waals surface area contributed by atoms with Crippen LogP contribution in [0.5, 0.6) is 0 Å². The molecule has 1 aromatic carbocycles. The van der Waals surface area contributed by atoms with Gasteiger partial charge in [0.25, 0.3) is 0 Å². The molecule has 0 saturated heterocycles. The van der Waals surface area contributed by atoms with E-state index in [4.69, 9.17) is 9.63 Å². The molecule has 0 spiro atoms. The molecule has 0 bridgehead atoms. The van der Waals surface area contributed by atoms with Gasteiger partial charge in [-0.1, -0.05) is 43.6 Å². The van der Waals surface area contributed by atoms with Crippen LogP contribution in [0.2, 0.25) is 0 Å². The van der Waals surface area contributed by atoms with Gasteiger partial charge in [0.05, 0.1) is 0 Å². The van der Waals surface area contributed by atoms with Crippen LogP contribution >= 0.6 is 0 Å². The molecule has 1 fully saturated rings. The second kappa shape index (κ2) is 5.59. The number of benzene rings is 1. The Morgan fingerprint density at radius 2 is 2.18 bits per heavy atom. The van der Waals surface area contributed by atoms with Gasteiger partial charge in [0, 0.05) is 11.6 Å². The van der Waals surface area contributed by atoms with E-state index in [0.717, 1.165) is 5.56 Å². The van der Waals surface area contributed by atoms with Gasteiger partial charge in [0.2, 0.25) is 5.76 Å². The molecule has 1 atom stereocenters. The number of nitrogens with zero attached hydrogens (tertiary/aromatic N) is 1. The first-order chi connectivity index (χ1) is 10.4. The monoisotopic (exact) mass is 299 g/mol. The van der Waals surface area contributed by atoms with Gasteiger partial charge in [-0.25, -0.2) is 4.79 Å². The summed E-state index contributed by atoms with van der Waals surface area (Å²) in [4.78, 5) is 10.9. The van der Waals surface area contributed by atoms with Crippen molar-refractivity contribution in [2.24, 2.45) is 5.41 Å². The zero-order valence-corrected chi connectivity index (χ0v) is 13.0. The topological polar surface area (TPSA) is 63.3 Å². The van der Waals surface area contributed by atoms with Gasteiger partial charge in [0.1, 0.15) is 5.69 Å². The van der Waals surface area contributed by atoms with E-state index in [-0.39, 0.29) is 5.76 Å². The van der Waals surface area contributed by atoms with Crippen LogP contribution in [-0.4, -0.2) is 16.2 Å². The molecule has 3 rings (SSSR count). The second-order valence-electron chi connectivity index (χ2n) is 6.96. The minimum absolute atomic E-state index is 0.126. The Labute approximate surface area is 130 Å². The second-order valence-corrected chi connectivity index (χ2v) is 6.96. The highest BCUT2D eigenvalue weighted by molar-refractivity contribution is 5.85. The molecule has 2 aromatic rings. The molecular formula is C18H21NO3. The zero-order chi connectivity index (χ0) is 15.7. The third-order valence-corrected chi connectivity index (χ3v) is 4.58. The number of carboxylic acid groups (broad SMARTS) is 1. The van der Waals surface area contributed by atoms with E-state index in [1.807, 2.05) is 12.1 Å². The van der Waals surface area contributed by atoms with Gasteiger partial charge in [-0.3, -0.25) is 0 Å². The van der Waals surface area contributed by atoms with Crippen LogP contribution in [0.3, 0.4) is 0 Å². The Morgan fingerprint density at radius 3 is 2.86 bits per heavy atom. The van der Waals surface area contributed by atoms with E-state index in [0.29, 0.717) is 17.0 Å². The first-order valence-electron chi connectivity index (χ1n) is 7.75. The summed E-state index contributed by atoms with van der Waals surface area (Å²) in [6.07, 6.45) is 4.95. The normalized spacial score (nSPS) is 20.7. The summed E-state index contributed by atoms with van der Waals surface area (Å²) in [6.45, 7) is 4.67. The lowest BCUT2D eigenvalue weighted by Gasteiger charge is -2.35. The van der Waals surface area contributed by atoms with Crippen molar-refractivity contribution in [1.29, 1.82) is 0 Å². The predicted molar refractivity (Wildman–Crippen MR) is 83.9 cm³/mol. The lowest BCUT2D eigenvalue weighted by atomic mass is 9.70. The molecule has 4 nitrogen and oxygen atoms in total. The van der Waals surface area contributed by atoms with E-state index in [2.05, 4.69) is 31.1 Å². The van der Waals surface area contributed by atoms with E-state index >= 15 is 0 Å². The Hall–Kier alpha value is -2.10. The lowest BCUT2D eigenvalue weighted by Crippen LogP contribution is -2.21. The van der Waals surface area contributed by atoms with Crippen molar-refractivity contribution < 1.29 is 14.4 Å². The molecule has 1 aromatic heterocycles. The molecule has 116 valence electrons. The van der Waals surface area contributed by atoms with Crippen LogP contribution in [0.15, 0.2) is 34.9 Å². The minimum atomic E-state index is -1.09. The van der Waals surface area contributed by atoms with Gasteiger partial charge in [0.15, 0.2) is 0 Å². The third-order valence-electron chi connectivity index (χ3n) is 4.58. The molecule has 1 N–H and O–H groups in total. The average Bonchev–Trinajstić information content (AvgIpc) is 2.96. The summed E-state index contributed by atoms with van der Waals surface area (Å²) in [5, 5.41) is 12.8. The van der Waals surface area contributed by atoms with Crippen molar-refractivity contribution in [2.45, 2.75) is 45.4 Å². The summed E-state index contributed by atoms with van der Waals surface area (Å²) in [5.74, 6) is -0.655. The highest BCUT2D eigenvalue weighted by atomic mass is 16.5. The smallest absolute Gasteiger partial charge is 0.374 e. The number of rotatable bonds is 3. The summed E-state index contributed by atoms with van der Waals surface area (Å²) >= 11 is 0. The molecule has 0 amide bonds. The molecular weight excluding hydrogens is 278 g/mol. The van der Waals surface area contributed by atoms with E-state index in [1.165, 1.54) is 37.3 Å². The number of carbonyl (C=O) groups is 1. The zero-order valence-electron chi connectivity index (χ0n) is 13.0. The predicted octanol–water partition coefficient (Wildman–Crippen LogP) is 4.72. The third kappa shape index (κ3) is 3.06. The molecule has 1 aliphatic rings. The molecule has 1 unspecified atom stereocenters. The molecule has 0 radical (unpaired) electrons. The summed E-state index contributed by atoms with van der Waals surface area (Å²) in [7, 11) is 0. The highest BCUT2D eigenvalue weighted by Gasteiger charge is 2.28. The van der Waals surface area contributed by atoms with Crippen molar-refractivity contribution in [3.8, 4) is 11.3 Å². The van der Waals surface area contributed by atoms with Crippen LogP contribution in [0.4, 0.5) is 0 Å². The van der Waals surface area contributed by atoms with Gasteiger partial charge < -0.3 is 9.63 Å². The quantitative estimate of drug-likeness (QED) is 0.890. The highest BCUT2D eigenvalue weighted by Crippen LogP contribution is 2.43. The minimum Gasteiger partial charge on any atom is -0.475 e. The molecule has 1 aliphatic carbocycles. The summed E-state index contributed by atoms with van der Waals surface area (Å²) in [6, 6.07) is 9.72. The van der Waals surface area contributed by atoms with Crippen LogP contribution in [0.1, 0.15) is 61.6 Å². The van der Waals surface area contributed by atoms with Crippen molar-refractivity contribution in [3.63, 3.8) is 0 Å². The fraction of sp³-hybridized carbons (Fsp3) is 0.444. The number of aromatic carboxylic acids is 1. The van der Waals surface area contributed by atoms with Crippen molar-refractivity contribution >= 4 is 5.97 Å². The maximum absolute atomic E-state index is 10.9. The fourth-order valence-electron chi connectivity index (χ4n) is 3.45. The van der Waals surface area contributed by atoms with E-state index in [9.17, 15) is 4.79 Å². The van der Waals surface area contributed by atoms with E-state index in [1.54, 1.807) is 0 Å². The first-order valence-corrected chi connectivity index (χ1v) is 7.75. The van der Waals surface area contributed by atoms with Gasteiger partial charge >= 0.3 is 5.97 Å². The maximum atomic E-state index is 10.9. The van der Waals surface area contributed by atoms with Crippen molar-refractivity contribution in [3.05, 3.63) is 41.7 Å². The first kappa shape index (κ1) is 14.8. The Bertz CT molecular complexity index is 687. The van der Waals surface area contributed by atoms with Crippen LogP contribution in [0.25, 0.3) is 11.3 Å².